The first-order valence-electron chi connectivity index (χ1n) is 8.74. The van der Waals surface area contributed by atoms with Crippen LogP contribution in [0, 0.1) is 11.3 Å². The van der Waals surface area contributed by atoms with Gasteiger partial charge < -0.3 is 10.5 Å². The van der Waals surface area contributed by atoms with Gasteiger partial charge in [-0.3, -0.25) is 0 Å². The molecule has 0 aliphatic heterocycles. The van der Waals surface area contributed by atoms with Crippen LogP contribution in [-0.2, 0) is 6.42 Å². The summed E-state index contributed by atoms with van der Waals surface area (Å²) in [6, 6.07) is 8.61. The number of rotatable bonds is 7. The van der Waals surface area contributed by atoms with Gasteiger partial charge in [-0.2, -0.15) is 0 Å². The summed E-state index contributed by atoms with van der Waals surface area (Å²) in [7, 11) is 0. The maximum atomic E-state index is 6.24. The fourth-order valence-electron chi connectivity index (χ4n) is 3.95. The Hall–Kier alpha value is -1.02. The number of hydrogen-bond donors (Lipinski definition) is 1. The summed E-state index contributed by atoms with van der Waals surface area (Å²) >= 11 is 0. The van der Waals surface area contributed by atoms with Gasteiger partial charge in [-0.1, -0.05) is 31.4 Å². The summed E-state index contributed by atoms with van der Waals surface area (Å²) in [5, 5.41) is 0. The zero-order chi connectivity index (χ0) is 14.5. The summed E-state index contributed by atoms with van der Waals surface area (Å²) in [5.41, 5.74) is 7.44. The van der Waals surface area contributed by atoms with Crippen LogP contribution < -0.4 is 10.5 Å². The Kier molecular flexibility index (Phi) is 4.84. The number of hydrogen-bond acceptors (Lipinski definition) is 2. The van der Waals surface area contributed by atoms with E-state index < -0.39 is 0 Å². The molecular formula is C19H29NO. The molecule has 2 saturated carbocycles. The lowest BCUT2D eigenvalue weighted by atomic mass is 9.71. The van der Waals surface area contributed by atoms with Crippen molar-refractivity contribution >= 4 is 0 Å². The first-order valence-corrected chi connectivity index (χ1v) is 8.74. The lowest BCUT2D eigenvalue weighted by Crippen LogP contribution is -2.33. The van der Waals surface area contributed by atoms with Gasteiger partial charge in [-0.25, -0.2) is 0 Å². The van der Waals surface area contributed by atoms with E-state index in [9.17, 15) is 0 Å². The Morgan fingerprint density at radius 2 is 1.95 bits per heavy atom. The van der Waals surface area contributed by atoms with Crippen molar-refractivity contribution in [3.63, 3.8) is 0 Å². The van der Waals surface area contributed by atoms with Gasteiger partial charge in [0.15, 0.2) is 0 Å². The molecule has 0 radical (unpaired) electrons. The number of ether oxygens (including phenoxy) is 1. The quantitative estimate of drug-likeness (QED) is 0.810. The Bertz CT molecular complexity index is 447. The molecule has 2 aliphatic carbocycles. The molecule has 0 bridgehead atoms. The molecule has 3 rings (SSSR count). The van der Waals surface area contributed by atoms with Crippen molar-refractivity contribution < 1.29 is 4.74 Å². The zero-order valence-corrected chi connectivity index (χ0v) is 13.2. The van der Waals surface area contributed by atoms with E-state index >= 15 is 0 Å². The Morgan fingerprint density at radius 3 is 2.67 bits per heavy atom. The molecule has 116 valence electrons. The van der Waals surface area contributed by atoms with Crippen LogP contribution >= 0.6 is 0 Å². The van der Waals surface area contributed by atoms with Crippen molar-refractivity contribution in [1.29, 1.82) is 0 Å². The third-order valence-electron chi connectivity index (χ3n) is 5.39. The average molecular weight is 287 g/mol. The highest BCUT2D eigenvalue weighted by Gasteiger charge is 2.46. The van der Waals surface area contributed by atoms with Gasteiger partial charge >= 0.3 is 0 Å². The normalized spacial score (nSPS) is 21.2. The monoisotopic (exact) mass is 287 g/mol. The summed E-state index contributed by atoms with van der Waals surface area (Å²) in [6.07, 6.45) is 11.9. The lowest BCUT2D eigenvalue weighted by molar-refractivity contribution is 0.0738. The van der Waals surface area contributed by atoms with Gasteiger partial charge in [0.1, 0.15) is 5.75 Å². The minimum atomic E-state index is 0.492. The van der Waals surface area contributed by atoms with E-state index in [-0.39, 0.29) is 0 Å². The summed E-state index contributed by atoms with van der Waals surface area (Å²) in [5.74, 6) is 1.99. The van der Waals surface area contributed by atoms with Crippen molar-refractivity contribution in [2.24, 2.45) is 17.1 Å². The van der Waals surface area contributed by atoms with Crippen LogP contribution in [0.1, 0.15) is 56.9 Å². The molecule has 1 aromatic rings. The third-order valence-corrected chi connectivity index (χ3v) is 5.39. The molecule has 0 spiro atoms. The van der Waals surface area contributed by atoms with Crippen LogP contribution in [0.15, 0.2) is 24.3 Å². The second-order valence-corrected chi connectivity index (χ2v) is 7.03. The van der Waals surface area contributed by atoms with E-state index in [2.05, 4.69) is 24.3 Å². The minimum absolute atomic E-state index is 0.492. The predicted octanol–water partition coefficient (Wildman–Crippen LogP) is 4.32. The average Bonchev–Trinajstić information content (AvgIpc) is 3.38. The number of nitrogens with two attached hydrogens (primary N) is 1. The smallest absolute Gasteiger partial charge is 0.119 e. The molecule has 0 heterocycles. The maximum absolute atomic E-state index is 6.24. The second kappa shape index (κ2) is 6.83. The zero-order valence-electron chi connectivity index (χ0n) is 13.2. The molecule has 0 amide bonds. The number of aryl methyl sites for hydroxylation is 1. The van der Waals surface area contributed by atoms with Crippen LogP contribution in [0.3, 0.4) is 0 Å². The summed E-state index contributed by atoms with van der Waals surface area (Å²) in [6.45, 7) is 1.69. The highest BCUT2D eigenvalue weighted by Crippen LogP contribution is 2.53. The molecular weight excluding hydrogens is 258 g/mol. The first kappa shape index (κ1) is 14.9. The molecule has 2 fully saturated rings. The van der Waals surface area contributed by atoms with Gasteiger partial charge in [-0.15, -0.1) is 0 Å². The molecule has 2 heteroatoms. The topological polar surface area (TPSA) is 35.2 Å². The van der Waals surface area contributed by atoms with Crippen LogP contribution in [0.5, 0.6) is 5.75 Å². The Labute approximate surface area is 129 Å². The van der Waals surface area contributed by atoms with Crippen molar-refractivity contribution in [1.82, 2.24) is 0 Å². The van der Waals surface area contributed by atoms with E-state index in [0.29, 0.717) is 5.41 Å². The highest BCUT2D eigenvalue weighted by atomic mass is 16.5. The number of benzene rings is 1. The molecule has 0 atom stereocenters. The third kappa shape index (κ3) is 3.79. The highest BCUT2D eigenvalue weighted by molar-refractivity contribution is 5.28. The van der Waals surface area contributed by atoms with Gasteiger partial charge in [0.25, 0.3) is 0 Å². The van der Waals surface area contributed by atoms with Crippen molar-refractivity contribution in [3.05, 3.63) is 29.8 Å². The van der Waals surface area contributed by atoms with Crippen LogP contribution in [0.25, 0.3) is 0 Å². The molecule has 2 aliphatic rings. The largest absolute Gasteiger partial charge is 0.493 e. The van der Waals surface area contributed by atoms with E-state index in [4.69, 9.17) is 10.5 Å². The van der Waals surface area contributed by atoms with E-state index in [1.807, 2.05) is 0 Å². The fraction of sp³-hybridized carbons (Fsp3) is 0.684. The van der Waals surface area contributed by atoms with Gasteiger partial charge in [-0.05, 0) is 68.7 Å². The minimum Gasteiger partial charge on any atom is -0.493 e. The summed E-state index contributed by atoms with van der Waals surface area (Å²) < 4.78 is 6.24. The van der Waals surface area contributed by atoms with Crippen molar-refractivity contribution in [2.45, 2.75) is 57.8 Å². The van der Waals surface area contributed by atoms with Gasteiger partial charge in [0.2, 0.25) is 0 Å². The molecule has 2 N–H and O–H groups in total. The molecule has 21 heavy (non-hydrogen) atoms. The SMILES string of the molecule is NCCCc1cccc(OCC2(C3CC3)CCCCC2)c1. The molecule has 0 unspecified atom stereocenters. The first-order chi connectivity index (χ1) is 10.3. The Morgan fingerprint density at radius 1 is 1.14 bits per heavy atom. The fourth-order valence-corrected chi connectivity index (χ4v) is 3.95. The lowest BCUT2D eigenvalue weighted by Gasteiger charge is -2.37. The predicted molar refractivity (Wildman–Crippen MR) is 87.6 cm³/mol. The van der Waals surface area contributed by atoms with Crippen molar-refractivity contribution in [3.8, 4) is 5.75 Å². The van der Waals surface area contributed by atoms with Crippen LogP contribution in [0.4, 0.5) is 0 Å². The van der Waals surface area contributed by atoms with Crippen LogP contribution in [-0.4, -0.2) is 13.2 Å². The Balaban J connectivity index is 1.60. The van der Waals surface area contributed by atoms with E-state index in [0.717, 1.165) is 37.7 Å². The van der Waals surface area contributed by atoms with E-state index in [1.54, 1.807) is 0 Å². The van der Waals surface area contributed by atoms with Crippen molar-refractivity contribution in [2.75, 3.05) is 13.2 Å². The standard InChI is InChI=1S/C19H29NO/c20-13-5-7-16-6-4-8-18(14-16)21-15-19(17-9-10-17)11-2-1-3-12-19/h4,6,8,14,17H,1-3,5,7,9-13,15,20H2. The molecule has 2 nitrogen and oxygen atoms in total. The van der Waals surface area contributed by atoms with Crippen LogP contribution in [0.2, 0.25) is 0 Å². The molecule has 1 aromatic carbocycles. The van der Waals surface area contributed by atoms with Gasteiger partial charge in [0, 0.05) is 5.41 Å². The summed E-state index contributed by atoms with van der Waals surface area (Å²) in [4.78, 5) is 0. The molecule has 0 aromatic heterocycles. The van der Waals surface area contributed by atoms with E-state index in [1.165, 1.54) is 50.5 Å². The second-order valence-electron chi connectivity index (χ2n) is 7.03. The maximum Gasteiger partial charge on any atom is 0.119 e. The molecule has 0 saturated heterocycles. The van der Waals surface area contributed by atoms with Gasteiger partial charge in [0.05, 0.1) is 6.61 Å².